The predicted octanol–water partition coefficient (Wildman–Crippen LogP) is 4.16. The molecule has 0 aliphatic carbocycles. The number of hydrogen-bond acceptors (Lipinski definition) is 4. The summed E-state index contributed by atoms with van der Waals surface area (Å²) in [5.74, 6) is 0.426. The Morgan fingerprint density at radius 1 is 1.33 bits per heavy atom. The van der Waals surface area contributed by atoms with Crippen LogP contribution in [0.5, 0.6) is 0 Å². The highest BCUT2D eigenvalue weighted by Gasteiger charge is 2.40. The molecular formula is C19H19N3OS. The van der Waals surface area contributed by atoms with Gasteiger partial charge in [-0.2, -0.15) is 5.26 Å². The van der Waals surface area contributed by atoms with Crippen molar-refractivity contribution in [3.63, 3.8) is 0 Å². The van der Waals surface area contributed by atoms with Crippen molar-refractivity contribution in [3.05, 3.63) is 46.2 Å². The number of thiophene rings is 1. The van der Waals surface area contributed by atoms with E-state index < -0.39 is 0 Å². The predicted molar refractivity (Wildman–Crippen MR) is 96.2 cm³/mol. The number of carbonyl (C=O) groups is 1. The molecule has 1 aromatic heterocycles. The van der Waals surface area contributed by atoms with Crippen LogP contribution < -0.4 is 0 Å². The minimum absolute atomic E-state index is 0.0256. The number of piperidine rings is 1. The maximum Gasteiger partial charge on any atom is 0.228 e. The number of nitrogens with zero attached hydrogens (tertiary/aromatic N) is 2. The van der Waals surface area contributed by atoms with Crippen LogP contribution in [-0.2, 0) is 10.2 Å². The molecule has 5 heteroatoms. The Bertz CT molecular complexity index is 828. The SMILES string of the molecule is CCN1C(=N)C[C@](C)(c2cc(-c3cccc(C#N)c3)cs2)CC1=O. The molecule has 0 radical (unpaired) electrons. The highest BCUT2D eigenvalue weighted by molar-refractivity contribution is 7.10. The number of amidine groups is 1. The molecule has 4 nitrogen and oxygen atoms in total. The highest BCUT2D eigenvalue weighted by atomic mass is 32.1. The van der Waals surface area contributed by atoms with E-state index >= 15 is 0 Å². The van der Waals surface area contributed by atoms with Crippen molar-refractivity contribution in [2.75, 3.05) is 6.54 Å². The van der Waals surface area contributed by atoms with Gasteiger partial charge in [0.25, 0.3) is 0 Å². The third-order valence-corrected chi connectivity index (χ3v) is 5.80. The lowest BCUT2D eigenvalue weighted by atomic mass is 9.77. The Labute approximate surface area is 145 Å². The van der Waals surface area contributed by atoms with Crippen molar-refractivity contribution in [2.45, 2.75) is 32.1 Å². The Morgan fingerprint density at radius 3 is 2.79 bits per heavy atom. The molecule has 0 bridgehead atoms. The third kappa shape index (κ3) is 2.85. The molecule has 0 unspecified atom stereocenters. The summed E-state index contributed by atoms with van der Waals surface area (Å²) in [6.45, 7) is 4.53. The van der Waals surface area contributed by atoms with E-state index in [1.54, 1.807) is 22.3 Å². The minimum atomic E-state index is -0.324. The fourth-order valence-electron chi connectivity index (χ4n) is 3.22. The van der Waals surface area contributed by atoms with Crippen molar-refractivity contribution in [1.29, 1.82) is 10.7 Å². The van der Waals surface area contributed by atoms with Crippen LogP contribution in [0.2, 0.25) is 0 Å². The van der Waals surface area contributed by atoms with Crippen molar-refractivity contribution >= 4 is 23.1 Å². The summed E-state index contributed by atoms with van der Waals surface area (Å²) in [5.41, 5.74) is 2.38. The van der Waals surface area contributed by atoms with Gasteiger partial charge in [-0.25, -0.2) is 0 Å². The lowest BCUT2D eigenvalue weighted by molar-refractivity contribution is -0.129. The van der Waals surface area contributed by atoms with Gasteiger partial charge < -0.3 is 4.90 Å². The number of amides is 1. The van der Waals surface area contributed by atoms with Gasteiger partial charge in [0, 0.05) is 29.7 Å². The molecule has 1 N–H and O–H groups in total. The molecule has 24 heavy (non-hydrogen) atoms. The lowest BCUT2D eigenvalue weighted by Crippen LogP contribution is -2.47. The van der Waals surface area contributed by atoms with E-state index in [1.807, 2.05) is 25.1 Å². The molecule has 122 valence electrons. The first kappa shape index (κ1) is 16.4. The van der Waals surface area contributed by atoms with Crippen LogP contribution in [0.3, 0.4) is 0 Å². The second-order valence-electron chi connectivity index (χ2n) is 6.39. The standard InChI is InChI=1S/C19H19N3OS/c1-3-22-17(21)9-19(2,10-18(22)23)16-8-15(12-24-16)14-6-4-5-13(7-14)11-20/h4-8,12,21H,3,9-10H2,1-2H3/t19-/m0/s1. The number of hydrogen-bond donors (Lipinski definition) is 1. The van der Waals surface area contributed by atoms with E-state index in [2.05, 4.69) is 24.4 Å². The summed E-state index contributed by atoms with van der Waals surface area (Å²) in [7, 11) is 0. The number of rotatable bonds is 3. The molecule has 1 amide bonds. The first-order valence-corrected chi connectivity index (χ1v) is 8.82. The smallest absolute Gasteiger partial charge is 0.228 e. The van der Waals surface area contributed by atoms with E-state index in [4.69, 9.17) is 10.7 Å². The molecule has 1 atom stereocenters. The van der Waals surface area contributed by atoms with E-state index in [-0.39, 0.29) is 11.3 Å². The Kier molecular flexibility index (Phi) is 4.25. The van der Waals surface area contributed by atoms with E-state index in [9.17, 15) is 4.79 Å². The molecular weight excluding hydrogens is 318 g/mol. The average Bonchev–Trinajstić information content (AvgIpc) is 3.05. The van der Waals surface area contributed by atoms with Gasteiger partial charge in [0.15, 0.2) is 0 Å². The first-order chi connectivity index (χ1) is 11.5. The second kappa shape index (κ2) is 6.21. The Hall–Kier alpha value is -2.45. The van der Waals surface area contributed by atoms with E-state index in [1.165, 1.54) is 0 Å². The van der Waals surface area contributed by atoms with Crippen LogP contribution in [0.4, 0.5) is 0 Å². The maximum atomic E-state index is 12.3. The van der Waals surface area contributed by atoms with Gasteiger partial charge in [-0.15, -0.1) is 11.3 Å². The van der Waals surface area contributed by atoms with Gasteiger partial charge in [0.1, 0.15) is 5.84 Å². The first-order valence-electron chi connectivity index (χ1n) is 7.94. The summed E-state index contributed by atoms with van der Waals surface area (Å²) in [5, 5.41) is 19.3. The van der Waals surface area contributed by atoms with Gasteiger partial charge >= 0.3 is 0 Å². The third-order valence-electron chi connectivity index (χ3n) is 4.56. The number of carbonyl (C=O) groups excluding carboxylic acids is 1. The van der Waals surface area contributed by atoms with Crippen molar-refractivity contribution in [2.24, 2.45) is 0 Å². The molecule has 2 heterocycles. The van der Waals surface area contributed by atoms with Crippen LogP contribution in [0.25, 0.3) is 11.1 Å². The molecule has 1 saturated heterocycles. The summed E-state index contributed by atoms with van der Waals surface area (Å²) in [6, 6.07) is 11.8. The van der Waals surface area contributed by atoms with Gasteiger partial charge in [0.2, 0.25) is 5.91 Å². The monoisotopic (exact) mass is 337 g/mol. The molecule has 3 rings (SSSR count). The number of nitrogens with one attached hydrogen (secondary N) is 1. The zero-order valence-electron chi connectivity index (χ0n) is 13.8. The molecule has 0 saturated carbocycles. The summed E-state index contributed by atoms with van der Waals surface area (Å²) >= 11 is 1.63. The van der Waals surface area contributed by atoms with Crippen LogP contribution in [0.15, 0.2) is 35.7 Å². The second-order valence-corrected chi connectivity index (χ2v) is 7.30. The van der Waals surface area contributed by atoms with Crippen molar-refractivity contribution in [3.8, 4) is 17.2 Å². The van der Waals surface area contributed by atoms with Gasteiger partial charge in [0.05, 0.1) is 11.6 Å². The molecule has 1 aliphatic rings. The number of benzene rings is 1. The molecule has 0 spiro atoms. The summed E-state index contributed by atoms with van der Waals surface area (Å²) < 4.78 is 0. The summed E-state index contributed by atoms with van der Waals surface area (Å²) in [4.78, 5) is 15.0. The lowest BCUT2D eigenvalue weighted by Gasteiger charge is -2.38. The van der Waals surface area contributed by atoms with E-state index in [0.717, 1.165) is 16.0 Å². The van der Waals surface area contributed by atoms with Crippen LogP contribution in [0, 0.1) is 16.7 Å². The zero-order chi connectivity index (χ0) is 17.3. The molecule has 1 aliphatic heterocycles. The Morgan fingerprint density at radius 2 is 2.12 bits per heavy atom. The minimum Gasteiger partial charge on any atom is -0.301 e. The van der Waals surface area contributed by atoms with Crippen molar-refractivity contribution in [1.82, 2.24) is 4.90 Å². The average molecular weight is 337 g/mol. The normalized spacial score (nSPS) is 21.0. The van der Waals surface area contributed by atoms with Crippen molar-refractivity contribution < 1.29 is 4.79 Å². The molecule has 2 aromatic rings. The largest absolute Gasteiger partial charge is 0.301 e. The highest BCUT2D eigenvalue weighted by Crippen LogP contribution is 2.41. The van der Waals surface area contributed by atoms with Gasteiger partial charge in [-0.1, -0.05) is 19.1 Å². The van der Waals surface area contributed by atoms with Gasteiger partial charge in [-0.3, -0.25) is 10.2 Å². The zero-order valence-corrected chi connectivity index (χ0v) is 14.6. The fraction of sp³-hybridized carbons (Fsp3) is 0.316. The topological polar surface area (TPSA) is 68.0 Å². The van der Waals surface area contributed by atoms with Crippen LogP contribution in [0.1, 0.15) is 37.1 Å². The maximum absolute atomic E-state index is 12.3. The Balaban J connectivity index is 1.91. The van der Waals surface area contributed by atoms with Gasteiger partial charge in [-0.05, 0) is 41.6 Å². The fourth-order valence-corrected chi connectivity index (χ4v) is 4.30. The number of nitriles is 1. The van der Waals surface area contributed by atoms with Crippen LogP contribution in [-0.4, -0.2) is 23.2 Å². The molecule has 1 aromatic carbocycles. The summed E-state index contributed by atoms with van der Waals surface area (Å²) in [6.07, 6.45) is 1.01. The quantitative estimate of drug-likeness (QED) is 0.913. The number of likely N-dealkylation sites (tertiary alicyclic amines) is 1. The van der Waals surface area contributed by atoms with Crippen LogP contribution >= 0.6 is 11.3 Å². The van der Waals surface area contributed by atoms with E-state index in [0.29, 0.717) is 30.8 Å². The molecule has 1 fully saturated rings.